The molecular formula is C18H26N4O3. The van der Waals surface area contributed by atoms with E-state index in [1.807, 2.05) is 12.1 Å². The molecule has 136 valence electrons. The zero-order valence-corrected chi connectivity index (χ0v) is 14.4. The first kappa shape index (κ1) is 17.8. The molecule has 2 aliphatic rings. The molecule has 0 spiro atoms. The number of aromatic nitrogens is 1. The van der Waals surface area contributed by atoms with Crippen LogP contribution in [-0.2, 0) is 9.59 Å². The zero-order chi connectivity index (χ0) is 17.9. The number of nitrogens with two attached hydrogens (primary N) is 1. The first-order chi connectivity index (χ1) is 12.0. The summed E-state index contributed by atoms with van der Waals surface area (Å²) in [6, 6.07) is 3.97. The molecule has 1 aromatic rings. The minimum absolute atomic E-state index is 0.0260. The fourth-order valence-electron chi connectivity index (χ4n) is 3.95. The Morgan fingerprint density at radius 1 is 1.20 bits per heavy atom. The first-order valence-electron chi connectivity index (χ1n) is 8.93. The lowest BCUT2D eigenvalue weighted by molar-refractivity contribution is -0.151. The number of ketones is 1. The van der Waals surface area contributed by atoms with Gasteiger partial charge in [0, 0.05) is 50.2 Å². The molecule has 0 bridgehead atoms. The number of carbonyl (C=O) groups excluding carboxylic acids is 1. The molecule has 1 aliphatic carbocycles. The summed E-state index contributed by atoms with van der Waals surface area (Å²) in [7, 11) is 0. The summed E-state index contributed by atoms with van der Waals surface area (Å²) < 4.78 is 0. The highest BCUT2D eigenvalue weighted by atomic mass is 16.4. The van der Waals surface area contributed by atoms with Gasteiger partial charge < -0.3 is 15.7 Å². The van der Waals surface area contributed by atoms with Gasteiger partial charge >= 0.3 is 5.97 Å². The normalized spacial score (nSPS) is 27.9. The average Bonchev–Trinajstić information content (AvgIpc) is 2.63. The second-order valence-corrected chi connectivity index (χ2v) is 7.08. The number of hydrogen-bond acceptors (Lipinski definition) is 6. The van der Waals surface area contributed by atoms with Crippen LogP contribution in [0.1, 0.15) is 25.7 Å². The van der Waals surface area contributed by atoms with Gasteiger partial charge in [-0.05, 0) is 25.0 Å². The van der Waals surface area contributed by atoms with E-state index in [-0.39, 0.29) is 5.78 Å². The molecule has 0 amide bonds. The van der Waals surface area contributed by atoms with Crippen molar-refractivity contribution in [3.8, 4) is 0 Å². The van der Waals surface area contributed by atoms with Crippen LogP contribution in [0.4, 0.5) is 5.69 Å². The van der Waals surface area contributed by atoms with E-state index in [4.69, 9.17) is 5.73 Å². The maximum absolute atomic E-state index is 12.7. The van der Waals surface area contributed by atoms with Crippen LogP contribution in [0.5, 0.6) is 0 Å². The van der Waals surface area contributed by atoms with E-state index in [9.17, 15) is 14.7 Å². The highest BCUT2D eigenvalue weighted by Crippen LogP contribution is 2.33. The smallest absolute Gasteiger partial charge is 0.324 e. The molecular weight excluding hydrogens is 320 g/mol. The number of carboxylic acid groups (broad SMARTS) is 1. The summed E-state index contributed by atoms with van der Waals surface area (Å²) in [5.74, 6) is -1.65. The van der Waals surface area contributed by atoms with Crippen LogP contribution in [0.25, 0.3) is 0 Å². The predicted molar refractivity (Wildman–Crippen MR) is 94.4 cm³/mol. The molecule has 3 N–H and O–H groups in total. The van der Waals surface area contributed by atoms with Crippen LogP contribution in [-0.4, -0.2) is 65.0 Å². The molecule has 1 saturated heterocycles. The number of pyridine rings is 1. The van der Waals surface area contributed by atoms with Crippen LogP contribution >= 0.6 is 0 Å². The Kier molecular flexibility index (Phi) is 5.34. The fourth-order valence-corrected chi connectivity index (χ4v) is 3.95. The SMILES string of the molecule is NC1(C(=O)O)CCCCC1C(=O)CN1CCN(c2ccncc2)CC1. The van der Waals surface area contributed by atoms with Gasteiger partial charge in [-0.15, -0.1) is 0 Å². The summed E-state index contributed by atoms with van der Waals surface area (Å²) in [5.41, 5.74) is 5.84. The number of hydrogen-bond donors (Lipinski definition) is 2. The van der Waals surface area contributed by atoms with Gasteiger partial charge in [-0.3, -0.25) is 19.5 Å². The van der Waals surface area contributed by atoms with Gasteiger partial charge in [0.1, 0.15) is 5.54 Å². The summed E-state index contributed by atoms with van der Waals surface area (Å²) in [6.45, 7) is 3.54. The lowest BCUT2D eigenvalue weighted by Crippen LogP contribution is -2.59. The van der Waals surface area contributed by atoms with E-state index in [1.165, 1.54) is 0 Å². The standard InChI is InChI=1S/C18H26N4O3/c19-18(17(24)25)6-2-1-3-15(18)16(23)13-21-9-11-22(12-10-21)14-4-7-20-8-5-14/h4-5,7-8,15H,1-3,6,9-13,19H2,(H,24,25). The van der Waals surface area contributed by atoms with Crippen molar-refractivity contribution >= 4 is 17.4 Å². The number of carbonyl (C=O) groups is 2. The fraction of sp³-hybridized carbons (Fsp3) is 0.611. The van der Waals surface area contributed by atoms with Crippen LogP contribution in [0.2, 0.25) is 0 Å². The topological polar surface area (TPSA) is 99.8 Å². The van der Waals surface area contributed by atoms with Crippen molar-refractivity contribution in [3.05, 3.63) is 24.5 Å². The zero-order valence-electron chi connectivity index (χ0n) is 14.4. The number of piperazine rings is 1. The molecule has 1 aromatic heterocycles. The second-order valence-electron chi connectivity index (χ2n) is 7.08. The molecule has 0 aromatic carbocycles. The minimum atomic E-state index is -1.39. The van der Waals surface area contributed by atoms with Crippen LogP contribution in [0, 0.1) is 5.92 Å². The van der Waals surface area contributed by atoms with Crippen LogP contribution in [0.3, 0.4) is 0 Å². The van der Waals surface area contributed by atoms with Crippen LogP contribution < -0.4 is 10.6 Å². The summed E-state index contributed by atoms with van der Waals surface area (Å²) >= 11 is 0. The van der Waals surface area contributed by atoms with Gasteiger partial charge in [-0.1, -0.05) is 12.8 Å². The van der Waals surface area contributed by atoms with Crippen molar-refractivity contribution in [1.29, 1.82) is 0 Å². The quantitative estimate of drug-likeness (QED) is 0.811. The second kappa shape index (κ2) is 7.49. The molecule has 1 saturated carbocycles. The van der Waals surface area contributed by atoms with Gasteiger partial charge in [-0.25, -0.2) is 0 Å². The Labute approximate surface area is 147 Å². The van der Waals surface area contributed by atoms with Crippen molar-refractivity contribution < 1.29 is 14.7 Å². The van der Waals surface area contributed by atoms with Gasteiger partial charge in [-0.2, -0.15) is 0 Å². The Morgan fingerprint density at radius 3 is 2.52 bits per heavy atom. The number of rotatable bonds is 5. The maximum atomic E-state index is 12.7. The molecule has 2 heterocycles. The third-order valence-corrected chi connectivity index (χ3v) is 5.52. The Bertz CT molecular complexity index is 616. The average molecular weight is 346 g/mol. The summed E-state index contributed by atoms with van der Waals surface area (Å²) in [4.78, 5) is 32.7. The summed E-state index contributed by atoms with van der Waals surface area (Å²) in [6.07, 6.45) is 6.17. The first-order valence-corrected chi connectivity index (χ1v) is 8.93. The molecule has 2 fully saturated rings. The van der Waals surface area contributed by atoms with Crippen molar-refractivity contribution in [2.45, 2.75) is 31.2 Å². The van der Waals surface area contributed by atoms with E-state index in [1.54, 1.807) is 12.4 Å². The van der Waals surface area contributed by atoms with Gasteiger partial charge in [0.2, 0.25) is 0 Å². The Hall–Kier alpha value is -1.99. The Balaban J connectivity index is 1.56. The number of carboxylic acids is 1. The van der Waals surface area contributed by atoms with E-state index in [0.717, 1.165) is 44.7 Å². The van der Waals surface area contributed by atoms with E-state index in [2.05, 4.69) is 14.8 Å². The van der Waals surface area contributed by atoms with Crippen molar-refractivity contribution in [1.82, 2.24) is 9.88 Å². The summed E-state index contributed by atoms with van der Waals surface area (Å²) in [5, 5.41) is 9.48. The van der Waals surface area contributed by atoms with Crippen molar-refractivity contribution in [2.24, 2.45) is 11.7 Å². The molecule has 7 nitrogen and oxygen atoms in total. The van der Waals surface area contributed by atoms with E-state index < -0.39 is 17.4 Å². The minimum Gasteiger partial charge on any atom is -0.480 e. The molecule has 25 heavy (non-hydrogen) atoms. The van der Waals surface area contributed by atoms with Gasteiger partial charge in [0.25, 0.3) is 0 Å². The molecule has 7 heteroatoms. The lowest BCUT2D eigenvalue weighted by Gasteiger charge is -2.39. The molecule has 3 rings (SSSR count). The highest BCUT2D eigenvalue weighted by molar-refractivity contribution is 5.92. The Morgan fingerprint density at radius 2 is 1.88 bits per heavy atom. The number of nitrogens with zero attached hydrogens (tertiary/aromatic N) is 3. The van der Waals surface area contributed by atoms with E-state index in [0.29, 0.717) is 19.4 Å². The maximum Gasteiger partial charge on any atom is 0.324 e. The monoisotopic (exact) mass is 346 g/mol. The lowest BCUT2D eigenvalue weighted by atomic mass is 9.71. The number of anilines is 1. The largest absolute Gasteiger partial charge is 0.480 e. The number of Topliss-reactive ketones (excluding diaryl/α,β-unsaturated/α-hetero) is 1. The van der Waals surface area contributed by atoms with Gasteiger partial charge in [0.15, 0.2) is 5.78 Å². The van der Waals surface area contributed by atoms with Gasteiger partial charge in [0.05, 0.1) is 6.54 Å². The molecule has 2 atom stereocenters. The van der Waals surface area contributed by atoms with Crippen molar-refractivity contribution in [3.63, 3.8) is 0 Å². The third kappa shape index (κ3) is 3.82. The molecule has 0 radical (unpaired) electrons. The number of aliphatic carboxylic acids is 1. The predicted octanol–water partition coefficient (Wildman–Crippen LogP) is 0.745. The molecule has 2 unspecified atom stereocenters. The molecule has 1 aliphatic heterocycles. The highest BCUT2D eigenvalue weighted by Gasteiger charge is 2.47. The van der Waals surface area contributed by atoms with Crippen LogP contribution in [0.15, 0.2) is 24.5 Å². The van der Waals surface area contributed by atoms with Crippen molar-refractivity contribution in [2.75, 3.05) is 37.6 Å². The third-order valence-electron chi connectivity index (χ3n) is 5.52. The van der Waals surface area contributed by atoms with E-state index >= 15 is 0 Å².